The Labute approximate surface area is 146 Å². The first-order valence-electron chi connectivity index (χ1n) is 7.81. The van der Waals surface area contributed by atoms with E-state index in [0.29, 0.717) is 18.2 Å². The van der Waals surface area contributed by atoms with Gasteiger partial charge in [-0.3, -0.25) is 5.32 Å². The molecule has 0 aliphatic rings. The van der Waals surface area contributed by atoms with Gasteiger partial charge in [0.05, 0.1) is 7.11 Å². The molecular formula is C19H18N4O2. The highest BCUT2D eigenvalue weighted by Crippen LogP contribution is 2.25. The molecule has 0 saturated heterocycles. The lowest BCUT2D eigenvalue weighted by atomic mass is 10.2. The van der Waals surface area contributed by atoms with Crippen molar-refractivity contribution in [3.63, 3.8) is 0 Å². The average Bonchev–Trinajstić information content (AvgIpc) is 2.68. The molecule has 0 aliphatic heterocycles. The summed E-state index contributed by atoms with van der Waals surface area (Å²) in [5.41, 5.74) is 2.17. The van der Waals surface area contributed by atoms with Crippen LogP contribution in [0.3, 0.4) is 0 Å². The van der Waals surface area contributed by atoms with Crippen molar-refractivity contribution in [2.45, 2.75) is 6.54 Å². The number of nitrogens with zero attached hydrogens (tertiary/aromatic N) is 3. The van der Waals surface area contributed by atoms with Gasteiger partial charge in [-0.05, 0) is 29.8 Å². The van der Waals surface area contributed by atoms with Gasteiger partial charge in [-0.2, -0.15) is 0 Å². The van der Waals surface area contributed by atoms with Crippen LogP contribution in [-0.4, -0.2) is 23.4 Å². The van der Waals surface area contributed by atoms with Gasteiger partial charge in [0.15, 0.2) is 11.6 Å². The Balaban J connectivity index is 1.87. The molecule has 6 heteroatoms. The summed E-state index contributed by atoms with van der Waals surface area (Å²) in [7, 11) is 1.30. The van der Waals surface area contributed by atoms with Crippen LogP contribution >= 0.6 is 0 Å². The SMILES string of the molecule is COC(=O)Nc1ccc(N(Cc2ccccc2)c2ccccc2)nn1. The second-order valence-electron chi connectivity index (χ2n) is 5.30. The molecule has 0 fully saturated rings. The zero-order chi connectivity index (χ0) is 17.5. The van der Waals surface area contributed by atoms with Crippen LogP contribution in [0.4, 0.5) is 22.1 Å². The number of rotatable bonds is 5. The van der Waals surface area contributed by atoms with Gasteiger partial charge < -0.3 is 9.64 Å². The van der Waals surface area contributed by atoms with E-state index in [-0.39, 0.29) is 0 Å². The Morgan fingerprint density at radius 3 is 2.24 bits per heavy atom. The van der Waals surface area contributed by atoms with E-state index < -0.39 is 6.09 Å². The van der Waals surface area contributed by atoms with Crippen LogP contribution < -0.4 is 10.2 Å². The highest BCUT2D eigenvalue weighted by molar-refractivity contribution is 5.83. The number of aromatic nitrogens is 2. The molecule has 2 aromatic carbocycles. The zero-order valence-corrected chi connectivity index (χ0v) is 13.8. The molecule has 3 aromatic rings. The van der Waals surface area contributed by atoms with E-state index in [1.165, 1.54) is 7.11 Å². The molecule has 1 N–H and O–H groups in total. The Morgan fingerprint density at radius 1 is 0.960 bits per heavy atom. The topological polar surface area (TPSA) is 67.3 Å². The van der Waals surface area contributed by atoms with Crippen molar-refractivity contribution in [3.05, 3.63) is 78.4 Å². The highest BCUT2D eigenvalue weighted by atomic mass is 16.5. The number of anilines is 3. The number of methoxy groups -OCH3 is 1. The molecule has 0 aliphatic carbocycles. The van der Waals surface area contributed by atoms with Gasteiger partial charge in [0.25, 0.3) is 0 Å². The lowest BCUT2D eigenvalue weighted by Gasteiger charge is -2.23. The third-order valence-electron chi connectivity index (χ3n) is 3.59. The third kappa shape index (κ3) is 4.32. The fourth-order valence-electron chi connectivity index (χ4n) is 2.37. The molecule has 0 radical (unpaired) electrons. The predicted octanol–water partition coefficient (Wildman–Crippen LogP) is 3.99. The number of para-hydroxylation sites is 1. The molecule has 0 spiro atoms. The van der Waals surface area contributed by atoms with Crippen molar-refractivity contribution in [2.75, 3.05) is 17.3 Å². The van der Waals surface area contributed by atoms with Crippen LogP contribution in [-0.2, 0) is 11.3 Å². The summed E-state index contributed by atoms with van der Waals surface area (Å²) in [6.07, 6.45) is -0.578. The van der Waals surface area contributed by atoms with Gasteiger partial charge in [0.1, 0.15) is 0 Å². The number of hydrogen-bond donors (Lipinski definition) is 1. The number of ether oxygens (including phenoxy) is 1. The number of hydrogen-bond acceptors (Lipinski definition) is 5. The molecule has 0 saturated carbocycles. The number of benzene rings is 2. The van der Waals surface area contributed by atoms with Gasteiger partial charge in [0.2, 0.25) is 0 Å². The van der Waals surface area contributed by atoms with Gasteiger partial charge in [0, 0.05) is 12.2 Å². The molecule has 25 heavy (non-hydrogen) atoms. The van der Waals surface area contributed by atoms with E-state index in [1.807, 2.05) is 54.6 Å². The monoisotopic (exact) mass is 334 g/mol. The maximum Gasteiger partial charge on any atom is 0.412 e. The number of carbonyl (C=O) groups is 1. The van der Waals surface area contributed by atoms with E-state index in [2.05, 4.69) is 37.3 Å². The van der Waals surface area contributed by atoms with Crippen molar-refractivity contribution >= 4 is 23.4 Å². The number of carbonyl (C=O) groups excluding carboxylic acids is 1. The zero-order valence-electron chi connectivity index (χ0n) is 13.8. The Bertz CT molecular complexity index is 808. The molecule has 6 nitrogen and oxygen atoms in total. The van der Waals surface area contributed by atoms with Crippen LogP contribution in [0.15, 0.2) is 72.8 Å². The minimum atomic E-state index is -0.578. The molecule has 1 amide bonds. The minimum absolute atomic E-state index is 0.336. The van der Waals surface area contributed by atoms with Crippen LogP contribution in [0, 0.1) is 0 Å². The summed E-state index contributed by atoms with van der Waals surface area (Å²) in [4.78, 5) is 13.3. The Morgan fingerprint density at radius 2 is 1.64 bits per heavy atom. The second-order valence-corrected chi connectivity index (χ2v) is 5.30. The fraction of sp³-hybridized carbons (Fsp3) is 0.105. The van der Waals surface area contributed by atoms with Crippen LogP contribution in [0.5, 0.6) is 0 Å². The Hall–Kier alpha value is -3.41. The van der Waals surface area contributed by atoms with Crippen molar-refractivity contribution in [1.82, 2.24) is 10.2 Å². The summed E-state index contributed by atoms with van der Waals surface area (Å²) in [5.74, 6) is 1.02. The van der Waals surface area contributed by atoms with Gasteiger partial charge in [-0.25, -0.2) is 4.79 Å². The van der Waals surface area contributed by atoms with E-state index in [0.717, 1.165) is 11.3 Å². The summed E-state index contributed by atoms with van der Waals surface area (Å²) >= 11 is 0. The first-order valence-corrected chi connectivity index (χ1v) is 7.81. The lowest BCUT2D eigenvalue weighted by molar-refractivity contribution is 0.187. The summed E-state index contributed by atoms with van der Waals surface area (Å²) < 4.78 is 4.55. The highest BCUT2D eigenvalue weighted by Gasteiger charge is 2.12. The lowest BCUT2D eigenvalue weighted by Crippen LogP contribution is -2.19. The molecule has 0 atom stereocenters. The maximum atomic E-state index is 11.3. The molecule has 3 rings (SSSR count). The van der Waals surface area contributed by atoms with Gasteiger partial charge in [-0.1, -0.05) is 48.5 Å². The van der Waals surface area contributed by atoms with Crippen molar-refractivity contribution in [1.29, 1.82) is 0 Å². The number of amides is 1. The maximum absolute atomic E-state index is 11.3. The Kier molecular flexibility index (Phi) is 5.21. The van der Waals surface area contributed by atoms with Crippen molar-refractivity contribution in [2.24, 2.45) is 0 Å². The van der Waals surface area contributed by atoms with Crippen LogP contribution in [0.25, 0.3) is 0 Å². The number of nitrogens with one attached hydrogen (secondary N) is 1. The fourth-order valence-corrected chi connectivity index (χ4v) is 2.37. The summed E-state index contributed by atoms with van der Waals surface area (Å²) in [6, 6.07) is 23.6. The van der Waals surface area contributed by atoms with Gasteiger partial charge >= 0.3 is 6.09 Å². The third-order valence-corrected chi connectivity index (χ3v) is 3.59. The first-order chi connectivity index (χ1) is 12.3. The van der Waals surface area contributed by atoms with Crippen LogP contribution in [0.1, 0.15) is 5.56 Å². The van der Waals surface area contributed by atoms with Crippen molar-refractivity contribution in [3.8, 4) is 0 Å². The van der Waals surface area contributed by atoms with Gasteiger partial charge in [-0.15, -0.1) is 10.2 Å². The molecule has 0 unspecified atom stereocenters. The quantitative estimate of drug-likeness (QED) is 0.764. The molecule has 126 valence electrons. The first kappa shape index (κ1) is 16.4. The standard InChI is InChI=1S/C19H18N4O2/c1-25-19(24)20-17-12-13-18(22-21-17)23(16-10-6-3-7-11-16)14-15-8-4-2-5-9-15/h2-13H,14H2,1H3,(H,20,21,24). The second kappa shape index (κ2) is 7.92. The molecular weight excluding hydrogens is 316 g/mol. The van der Waals surface area contributed by atoms with E-state index in [4.69, 9.17) is 0 Å². The van der Waals surface area contributed by atoms with Crippen molar-refractivity contribution < 1.29 is 9.53 Å². The van der Waals surface area contributed by atoms with E-state index >= 15 is 0 Å². The molecule has 1 heterocycles. The van der Waals surface area contributed by atoms with Crippen LogP contribution in [0.2, 0.25) is 0 Å². The minimum Gasteiger partial charge on any atom is -0.453 e. The van der Waals surface area contributed by atoms with E-state index in [9.17, 15) is 4.79 Å². The normalized spacial score (nSPS) is 10.1. The largest absolute Gasteiger partial charge is 0.453 e. The summed E-state index contributed by atoms with van der Waals surface area (Å²) in [5, 5.41) is 10.8. The van der Waals surface area contributed by atoms with E-state index in [1.54, 1.807) is 6.07 Å². The predicted molar refractivity (Wildman–Crippen MR) is 96.8 cm³/mol. The molecule has 1 aromatic heterocycles. The average molecular weight is 334 g/mol. The molecule has 0 bridgehead atoms. The smallest absolute Gasteiger partial charge is 0.412 e. The summed E-state index contributed by atoms with van der Waals surface area (Å²) in [6.45, 7) is 0.656.